The fraction of sp³-hybridized carbons (Fsp3) is 0.261. The van der Waals surface area contributed by atoms with Gasteiger partial charge in [-0.15, -0.1) is 11.3 Å². The van der Waals surface area contributed by atoms with Crippen molar-refractivity contribution < 1.29 is 14.4 Å². The zero-order chi connectivity index (χ0) is 22.2. The number of nitrogens with one attached hydrogen (secondary N) is 2. The van der Waals surface area contributed by atoms with Crippen molar-refractivity contribution in [3.63, 3.8) is 0 Å². The molecule has 3 aromatic rings. The summed E-state index contributed by atoms with van der Waals surface area (Å²) >= 11 is 0.465. The van der Waals surface area contributed by atoms with Crippen LogP contribution in [0.4, 0.5) is 21.2 Å². The van der Waals surface area contributed by atoms with E-state index in [2.05, 4.69) is 31.4 Å². The summed E-state index contributed by atoms with van der Waals surface area (Å²) in [6, 6.07) is 15.1. The average Bonchev–Trinajstić information content (AvgIpc) is 3.14. The lowest BCUT2D eigenvalue weighted by molar-refractivity contribution is -0.131. The van der Waals surface area contributed by atoms with Crippen molar-refractivity contribution in [2.24, 2.45) is 0 Å². The highest BCUT2D eigenvalue weighted by Crippen LogP contribution is 2.42. The van der Waals surface area contributed by atoms with Crippen molar-refractivity contribution in [1.82, 2.24) is 0 Å². The molecule has 3 amide bonds. The molecule has 0 spiro atoms. The highest BCUT2D eigenvalue weighted by molar-refractivity contribution is 8.15. The molecule has 0 bridgehead atoms. The molecule has 0 atom stereocenters. The largest absolute Gasteiger partial charge is 0.323 e. The summed E-state index contributed by atoms with van der Waals surface area (Å²) in [5.41, 5.74) is 1.11. The summed E-state index contributed by atoms with van der Waals surface area (Å²) in [5.74, 6) is 0.312. The Kier molecular flexibility index (Phi) is 5.77. The van der Waals surface area contributed by atoms with Gasteiger partial charge in [0, 0.05) is 16.8 Å². The first kappa shape index (κ1) is 21.4. The highest BCUT2D eigenvalue weighted by atomic mass is 32.2. The Hall–Kier alpha value is -2.84. The molecule has 31 heavy (non-hydrogen) atoms. The van der Waals surface area contributed by atoms with Gasteiger partial charge in [0.15, 0.2) is 0 Å². The number of hydrogen-bond acceptors (Lipinski definition) is 4. The maximum atomic E-state index is 12.9. The monoisotopic (exact) mass is 457 g/mol. The van der Waals surface area contributed by atoms with Gasteiger partial charge in [-0.3, -0.25) is 14.5 Å². The van der Waals surface area contributed by atoms with Crippen LogP contribution in [-0.4, -0.2) is 29.4 Å². The van der Waals surface area contributed by atoms with Crippen molar-refractivity contribution >= 4 is 67.3 Å². The predicted molar refractivity (Wildman–Crippen MR) is 135 cm³/mol. The molecule has 1 saturated heterocycles. The van der Waals surface area contributed by atoms with Crippen LogP contribution in [-0.2, 0) is 15.0 Å². The number of rotatable bonds is 3. The van der Waals surface area contributed by atoms with E-state index in [9.17, 15) is 14.4 Å². The number of thiophene rings is 1. The third-order valence-electron chi connectivity index (χ3n) is 5.25. The van der Waals surface area contributed by atoms with E-state index in [0.29, 0.717) is 22.9 Å². The van der Waals surface area contributed by atoms with Crippen LogP contribution in [0.2, 0.25) is 0 Å². The third kappa shape index (κ3) is 4.45. The van der Waals surface area contributed by atoms with E-state index in [1.54, 1.807) is 0 Å². The number of carbonyl (C=O) groups is 3. The first-order valence-corrected chi connectivity index (χ1v) is 12.8. The minimum absolute atomic E-state index is 0.150. The first-order valence-electron chi connectivity index (χ1n) is 10.3. The van der Waals surface area contributed by atoms with E-state index in [1.165, 1.54) is 16.2 Å². The molecule has 1 aliphatic heterocycles. The van der Waals surface area contributed by atoms with Gasteiger partial charge in [0.05, 0.1) is 11.4 Å². The van der Waals surface area contributed by atoms with Crippen LogP contribution in [0.15, 0.2) is 48.5 Å². The molecule has 2 heterocycles. The molecule has 164 valence electrons. The molecule has 1 aromatic heterocycles. The molecule has 0 saturated carbocycles. The van der Waals surface area contributed by atoms with Crippen molar-refractivity contribution in [2.75, 3.05) is 27.8 Å². The van der Waals surface area contributed by atoms with Crippen molar-refractivity contribution in [3.05, 3.63) is 53.4 Å². The normalized spacial score (nSPS) is 15.0. The van der Waals surface area contributed by atoms with Crippen LogP contribution < -0.4 is 15.5 Å². The zero-order valence-corrected chi connectivity index (χ0v) is 20.1. The molecule has 2 aromatic carbocycles. The number of fused-ring (bicyclic) bond motifs is 1. The fourth-order valence-corrected chi connectivity index (χ4v) is 6.00. The number of nitrogens with zero attached hydrogens (tertiary/aromatic N) is 1. The van der Waals surface area contributed by atoms with Gasteiger partial charge < -0.3 is 10.6 Å². The van der Waals surface area contributed by atoms with Crippen LogP contribution in [0, 0.1) is 0 Å². The quantitative estimate of drug-likeness (QED) is 0.573. The van der Waals surface area contributed by atoms with Crippen molar-refractivity contribution in [2.45, 2.75) is 26.2 Å². The van der Waals surface area contributed by atoms with Gasteiger partial charge in [0.2, 0.25) is 5.12 Å². The summed E-state index contributed by atoms with van der Waals surface area (Å²) in [4.78, 5) is 40.1. The lowest BCUT2D eigenvalue weighted by atomic mass is 9.95. The van der Waals surface area contributed by atoms with Crippen LogP contribution in [0.5, 0.6) is 0 Å². The molecule has 0 radical (unpaired) electrons. The summed E-state index contributed by atoms with van der Waals surface area (Å²) in [6.45, 7) is 6.77. The van der Waals surface area contributed by atoms with Gasteiger partial charge in [-0.1, -0.05) is 57.2 Å². The second-order valence-electron chi connectivity index (χ2n) is 8.67. The Morgan fingerprint density at radius 1 is 1.03 bits per heavy atom. The number of carbonyl (C=O) groups excluding carboxylic acids is 3. The van der Waals surface area contributed by atoms with E-state index in [0.717, 1.165) is 21.4 Å². The first-order chi connectivity index (χ1) is 14.7. The Morgan fingerprint density at radius 2 is 1.74 bits per heavy atom. The smallest absolute Gasteiger partial charge is 0.307 e. The molecule has 0 unspecified atom stereocenters. The number of amides is 3. The summed E-state index contributed by atoms with van der Waals surface area (Å²) < 4.78 is 0. The molecule has 6 nitrogen and oxygen atoms in total. The third-order valence-corrected chi connectivity index (χ3v) is 8.26. The van der Waals surface area contributed by atoms with E-state index in [4.69, 9.17) is 0 Å². The fourth-order valence-electron chi connectivity index (χ4n) is 3.60. The van der Waals surface area contributed by atoms with E-state index in [-0.39, 0.29) is 16.6 Å². The highest BCUT2D eigenvalue weighted by Gasteiger charge is 2.31. The maximum absolute atomic E-state index is 12.9. The van der Waals surface area contributed by atoms with Gasteiger partial charge in [0.25, 0.3) is 0 Å². The molecule has 4 rings (SSSR count). The summed E-state index contributed by atoms with van der Waals surface area (Å²) in [5, 5.41) is 8.20. The molecule has 0 aliphatic carbocycles. The van der Waals surface area contributed by atoms with Gasteiger partial charge in [-0.25, -0.2) is 16.6 Å². The number of hydrogen-bond donors (Lipinski definition) is 2. The van der Waals surface area contributed by atoms with E-state index < -0.39 is 17.7 Å². The van der Waals surface area contributed by atoms with Gasteiger partial charge in [0.1, 0.15) is 5.00 Å². The standard InChI is InChI=1S/C23H27N3O3S2/c1-23(2,3)18-13-17(20(31-18)26-11-12-30-21(28)19(26)27)25-22(29)24-16-10-6-8-14-7-4-5-9-15(14)16/h4-10,13H,11-12H2,1-3H3,30H4,(H2,24,25,29). The second-order valence-corrected chi connectivity index (χ2v) is 11.5. The molecular weight excluding hydrogens is 430 g/mol. The van der Waals surface area contributed by atoms with Crippen molar-refractivity contribution in [3.8, 4) is 0 Å². The Bertz CT molecular complexity index is 1180. The Balaban J connectivity index is 1.64. The topological polar surface area (TPSA) is 78.5 Å². The molecule has 1 fully saturated rings. The molecule has 1 aliphatic rings. The molecular formula is C23H27N3O3S2. The SMILES string of the molecule is CC(C)(C)c1cc(NC(=O)Nc2cccc3ccccc23)c(N2CC[SH4]C(=O)C2=O)s1. The second kappa shape index (κ2) is 8.36. The van der Waals surface area contributed by atoms with E-state index in [1.807, 2.05) is 48.5 Å². The average molecular weight is 458 g/mol. The van der Waals surface area contributed by atoms with Crippen LogP contribution in [0.1, 0.15) is 25.6 Å². The predicted octanol–water partition coefficient (Wildman–Crippen LogP) is 4.38. The van der Waals surface area contributed by atoms with Gasteiger partial charge in [-0.2, -0.15) is 0 Å². The minimum Gasteiger partial charge on any atom is -0.307 e. The van der Waals surface area contributed by atoms with E-state index >= 15 is 0 Å². The lowest BCUT2D eigenvalue weighted by Crippen LogP contribution is -2.41. The number of anilines is 3. The van der Waals surface area contributed by atoms with Crippen molar-refractivity contribution in [1.29, 1.82) is 0 Å². The van der Waals surface area contributed by atoms with Crippen LogP contribution in [0.25, 0.3) is 10.8 Å². The zero-order valence-electron chi connectivity index (χ0n) is 17.8. The van der Waals surface area contributed by atoms with Crippen LogP contribution >= 0.6 is 23.1 Å². The van der Waals surface area contributed by atoms with Gasteiger partial charge >= 0.3 is 11.9 Å². The number of urea groups is 1. The number of benzene rings is 2. The summed E-state index contributed by atoms with van der Waals surface area (Å²) in [7, 11) is 0. The maximum Gasteiger partial charge on any atom is 0.323 e. The Labute approximate surface area is 189 Å². The summed E-state index contributed by atoms with van der Waals surface area (Å²) in [6.07, 6.45) is 0. The van der Waals surface area contributed by atoms with Gasteiger partial charge in [-0.05, 0) is 28.7 Å². The lowest BCUT2D eigenvalue weighted by Gasteiger charge is -2.27. The molecule has 2 N–H and O–H groups in total. The Morgan fingerprint density at radius 3 is 2.52 bits per heavy atom. The molecule has 8 heteroatoms. The minimum atomic E-state index is -0.991. The van der Waals surface area contributed by atoms with Crippen LogP contribution in [0.3, 0.4) is 0 Å².